The van der Waals surface area contributed by atoms with E-state index in [-0.39, 0.29) is 18.0 Å². The first-order valence-corrected chi connectivity index (χ1v) is 9.13. The van der Waals surface area contributed by atoms with Crippen LogP contribution in [0.2, 0.25) is 0 Å². The largest absolute Gasteiger partial charge is 0.399 e. The molecule has 21 heavy (non-hydrogen) atoms. The number of nitrogen functional groups attached to an aromatic ring is 1. The van der Waals surface area contributed by atoms with Gasteiger partial charge in [-0.15, -0.1) is 0 Å². The minimum atomic E-state index is -4.23. The standard InChI is InChI=1S/C10H15N3O6S2/c1-2-20(16,17)6-5-12-21(18,19)10-7-8(11)3-4-9(10)13(14)15/h3-4,7,12H,2,5-6,11H2,1H3. The lowest BCUT2D eigenvalue weighted by Gasteiger charge is -2.08. The summed E-state index contributed by atoms with van der Waals surface area (Å²) in [6.07, 6.45) is 0. The third-order valence-corrected chi connectivity index (χ3v) is 5.81. The molecule has 118 valence electrons. The van der Waals surface area contributed by atoms with Gasteiger partial charge in [0.05, 0.1) is 10.7 Å². The highest BCUT2D eigenvalue weighted by atomic mass is 32.2. The van der Waals surface area contributed by atoms with Crippen molar-refractivity contribution in [2.24, 2.45) is 0 Å². The third-order valence-electron chi connectivity index (χ3n) is 2.62. The fourth-order valence-electron chi connectivity index (χ4n) is 1.45. The molecule has 3 N–H and O–H groups in total. The van der Waals surface area contributed by atoms with Crippen LogP contribution in [0.5, 0.6) is 0 Å². The normalized spacial score (nSPS) is 12.2. The number of nitrogens with zero attached hydrogens (tertiary/aromatic N) is 1. The van der Waals surface area contributed by atoms with Gasteiger partial charge in [-0.25, -0.2) is 21.6 Å². The van der Waals surface area contributed by atoms with Crippen molar-refractivity contribution >= 4 is 31.2 Å². The molecule has 0 heterocycles. The zero-order valence-electron chi connectivity index (χ0n) is 11.1. The van der Waals surface area contributed by atoms with E-state index in [0.717, 1.165) is 12.1 Å². The number of sulfone groups is 1. The molecule has 0 radical (unpaired) electrons. The number of benzene rings is 1. The molecule has 1 aromatic carbocycles. The molecule has 0 fully saturated rings. The van der Waals surface area contributed by atoms with Gasteiger partial charge in [0.1, 0.15) is 0 Å². The highest BCUT2D eigenvalue weighted by Gasteiger charge is 2.26. The summed E-state index contributed by atoms with van der Waals surface area (Å²) in [4.78, 5) is 9.39. The Morgan fingerprint density at radius 2 is 1.90 bits per heavy atom. The van der Waals surface area contributed by atoms with Gasteiger partial charge in [0, 0.05) is 24.1 Å². The highest BCUT2D eigenvalue weighted by molar-refractivity contribution is 7.91. The zero-order chi connectivity index (χ0) is 16.3. The summed E-state index contributed by atoms with van der Waals surface area (Å²) in [6, 6.07) is 3.14. The van der Waals surface area contributed by atoms with Gasteiger partial charge in [-0.05, 0) is 12.1 Å². The summed E-state index contributed by atoms with van der Waals surface area (Å²) < 4.78 is 48.6. The highest BCUT2D eigenvalue weighted by Crippen LogP contribution is 2.25. The lowest BCUT2D eigenvalue weighted by molar-refractivity contribution is -0.387. The molecule has 0 saturated carbocycles. The van der Waals surface area contributed by atoms with Crippen LogP contribution in [0.25, 0.3) is 0 Å². The van der Waals surface area contributed by atoms with E-state index in [1.165, 1.54) is 13.0 Å². The Morgan fingerprint density at radius 1 is 1.29 bits per heavy atom. The molecule has 9 nitrogen and oxygen atoms in total. The van der Waals surface area contributed by atoms with Crippen LogP contribution >= 0.6 is 0 Å². The molecular formula is C10H15N3O6S2. The monoisotopic (exact) mass is 337 g/mol. The van der Waals surface area contributed by atoms with E-state index in [2.05, 4.69) is 0 Å². The molecular weight excluding hydrogens is 322 g/mol. The second-order valence-corrected chi connectivity index (χ2v) is 8.33. The van der Waals surface area contributed by atoms with E-state index in [1.54, 1.807) is 0 Å². The minimum Gasteiger partial charge on any atom is -0.399 e. The summed E-state index contributed by atoms with van der Waals surface area (Å²) >= 11 is 0. The first kappa shape index (κ1) is 17.3. The van der Waals surface area contributed by atoms with Crippen LogP contribution < -0.4 is 10.5 Å². The summed E-state index contributed by atoms with van der Waals surface area (Å²) in [6.45, 7) is 1.07. The molecule has 0 unspecified atom stereocenters. The van der Waals surface area contributed by atoms with Gasteiger partial charge in [0.2, 0.25) is 10.0 Å². The molecule has 1 rings (SSSR count). The van der Waals surface area contributed by atoms with Crippen molar-refractivity contribution in [1.29, 1.82) is 0 Å². The lowest BCUT2D eigenvalue weighted by Crippen LogP contribution is -2.30. The minimum absolute atomic E-state index is 0.0437. The fraction of sp³-hybridized carbons (Fsp3) is 0.400. The summed E-state index contributed by atoms with van der Waals surface area (Å²) in [7, 11) is -7.57. The molecule has 0 amide bonds. The van der Waals surface area contributed by atoms with Crippen molar-refractivity contribution in [1.82, 2.24) is 4.72 Å². The molecule has 0 bridgehead atoms. The molecule has 0 spiro atoms. The van der Waals surface area contributed by atoms with Crippen molar-refractivity contribution < 1.29 is 21.8 Å². The predicted octanol–water partition coefficient (Wildman–Crippen LogP) is -0.110. The summed E-state index contributed by atoms with van der Waals surface area (Å²) in [5.74, 6) is -0.508. The first-order valence-electron chi connectivity index (χ1n) is 5.83. The number of nitro benzene ring substituents is 1. The Hall–Kier alpha value is -1.72. The van der Waals surface area contributed by atoms with Crippen molar-refractivity contribution in [3.8, 4) is 0 Å². The Labute approximate surface area is 122 Å². The van der Waals surface area contributed by atoms with Gasteiger partial charge in [-0.1, -0.05) is 6.92 Å². The molecule has 0 aliphatic rings. The second-order valence-electron chi connectivity index (χ2n) is 4.12. The summed E-state index contributed by atoms with van der Waals surface area (Å²) in [5.41, 5.74) is 4.85. The van der Waals surface area contributed by atoms with Gasteiger partial charge in [-0.3, -0.25) is 10.1 Å². The number of sulfonamides is 1. The maximum absolute atomic E-state index is 12.0. The first-order chi connectivity index (χ1) is 9.59. The number of rotatable bonds is 7. The van der Waals surface area contributed by atoms with Crippen molar-refractivity contribution in [2.45, 2.75) is 11.8 Å². The Kier molecular flexibility index (Phi) is 5.25. The van der Waals surface area contributed by atoms with Crippen LogP contribution in [0.1, 0.15) is 6.92 Å². The maximum atomic E-state index is 12.0. The third kappa shape index (κ3) is 4.65. The maximum Gasteiger partial charge on any atom is 0.289 e. The fourth-order valence-corrected chi connectivity index (χ4v) is 3.52. The van der Waals surface area contributed by atoms with Gasteiger partial charge in [0.15, 0.2) is 14.7 Å². The molecule has 0 aliphatic heterocycles. The topological polar surface area (TPSA) is 149 Å². The SMILES string of the molecule is CCS(=O)(=O)CCNS(=O)(=O)c1cc(N)ccc1[N+](=O)[O-]. The van der Waals surface area contributed by atoms with Crippen molar-refractivity contribution in [3.63, 3.8) is 0 Å². The van der Waals surface area contributed by atoms with Crippen molar-refractivity contribution in [3.05, 3.63) is 28.3 Å². The van der Waals surface area contributed by atoms with E-state index in [4.69, 9.17) is 5.73 Å². The van der Waals surface area contributed by atoms with Gasteiger partial charge in [-0.2, -0.15) is 0 Å². The van der Waals surface area contributed by atoms with Crippen LogP contribution in [-0.2, 0) is 19.9 Å². The number of nitrogens with one attached hydrogen (secondary N) is 1. The molecule has 0 saturated heterocycles. The van der Waals surface area contributed by atoms with Crippen molar-refractivity contribution in [2.75, 3.05) is 23.8 Å². The van der Waals surface area contributed by atoms with Crippen LogP contribution in [0.3, 0.4) is 0 Å². The van der Waals surface area contributed by atoms with Gasteiger partial charge < -0.3 is 5.73 Å². The predicted molar refractivity (Wildman–Crippen MR) is 77.0 cm³/mol. The Morgan fingerprint density at radius 3 is 2.43 bits per heavy atom. The van der Waals surface area contributed by atoms with Crippen LogP contribution in [0.4, 0.5) is 11.4 Å². The number of nitro groups is 1. The molecule has 1 aromatic rings. The second kappa shape index (κ2) is 6.37. The summed E-state index contributed by atoms with van der Waals surface area (Å²) in [5, 5.41) is 10.8. The quantitative estimate of drug-likeness (QED) is 0.400. The van der Waals surface area contributed by atoms with E-state index in [9.17, 15) is 26.9 Å². The van der Waals surface area contributed by atoms with E-state index in [0.29, 0.717) is 0 Å². The number of hydrogen-bond acceptors (Lipinski definition) is 7. The van der Waals surface area contributed by atoms with Crippen LogP contribution in [0, 0.1) is 10.1 Å². The van der Waals surface area contributed by atoms with Gasteiger partial charge in [0.25, 0.3) is 5.69 Å². The molecule has 0 aliphatic carbocycles. The number of anilines is 1. The van der Waals surface area contributed by atoms with E-state index >= 15 is 0 Å². The average molecular weight is 337 g/mol. The van der Waals surface area contributed by atoms with Crippen LogP contribution in [0.15, 0.2) is 23.1 Å². The molecule has 0 aromatic heterocycles. The van der Waals surface area contributed by atoms with Gasteiger partial charge >= 0.3 is 0 Å². The average Bonchev–Trinajstić information content (AvgIpc) is 2.37. The Bertz CT molecular complexity index is 742. The number of nitrogens with two attached hydrogens (primary N) is 1. The zero-order valence-corrected chi connectivity index (χ0v) is 12.8. The lowest BCUT2D eigenvalue weighted by atomic mass is 10.3. The number of hydrogen-bond donors (Lipinski definition) is 2. The smallest absolute Gasteiger partial charge is 0.289 e. The van der Waals surface area contributed by atoms with E-state index < -0.39 is 41.1 Å². The van der Waals surface area contributed by atoms with Crippen LogP contribution in [-0.4, -0.2) is 39.8 Å². The molecule has 0 atom stereocenters. The molecule has 11 heteroatoms. The van der Waals surface area contributed by atoms with E-state index in [1.807, 2.05) is 4.72 Å². The Balaban J connectivity index is 3.03.